The summed E-state index contributed by atoms with van der Waals surface area (Å²) >= 11 is 1.44. The van der Waals surface area contributed by atoms with Crippen molar-refractivity contribution in [1.29, 1.82) is 0 Å². The normalized spacial score (nSPS) is 18.7. The molecule has 1 saturated heterocycles. The van der Waals surface area contributed by atoms with Crippen LogP contribution in [0.2, 0.25) is 0 Å². The lowest BCUT2D eigenvalue weighted by Gasteiger charge is -2.34. The van der Waals surface area contributed by atoms with Crippen LogP contribution in [0.25, 0.3) is 10.2 Å². The Bertz CT molecular complexity index is 811. The number of aromatic nitrogens is 1. The molecule has 6 nitrogen and oxygen atoms in total. The number of aryl methyl sites for hydroxylation is 2. The highest BCUT2D eigenvalue weighted by Crippen LogP contribution is 2.36. The van der Waals surface area contributed by atoms with Gasteiger partial charge in [0.1, 0.15) is 9.71 Å². The van der Waals surface area contributed by atoms with Gasteiger partial charge in [0.05, 0.1) is 12.3 Å². The topological polar surface area (TPSA) is 82.7 Å². The molecule has 0 aromatic carbocycles. The molecule has 140 valence electrons. The van der Waals surface area contributed by atoms with Gasteiger partial charge in [-0.1, -0.05) is 6.42 Å². The Labute approximate surface area is 157 Å². The number of thiophene rings is 1. The Hall–Kier alpha value is -1.70. The largest absolute Gasteiger partial charge is 0.397 e. The first-order valence-electron chi connectivity index (χ1n) is 9.50. The Morgan fingerprint density at radius 1 is 1.19 bits per heavy atom. The van der Waals surface area contributed by atoms with Gasteiger partial charge in [0, 0.05) is 43.8 Å². The Balaban J connectivity index is 1.59. The molecule has 1 aliphatic carbocycles. The Kier molecular flexibility index (Phi) is 5.11. The molecule has 0 saturated carbocycles. The van der Waals surface area contributed by atoms with Gasteiger partial charge < -0.3 is 15.7 Å². The van der Waals surface area contributed by atoms with E-state index in [2.05, 4.69) is 11.0 Å². The summed E-state index contributed by atoms with van der Waals surface area (Å²) in [5.41, 5.74) is 9.45. The van der Waals surface area contributed by atoms with Crippen LogP contribution in [-0.4, -0.2) is 65.1 Å². The molecule has 3 N–H and O–H groups in total. The lowest BCUT2D eigenvalue weighted by molar-refractivity contribution is 0.0620. The van der Waals surface area contributed by atoms with Gasteiger partial charge in [-0.05, 0) is 37.3 Å². The quantitative estimate of drug-likeness (QED) is 0.802. The number of amides is 1. The van der Waals surface area contributed by atoms with Crippen molar-refractivity contribution < 1.29 is 9.90 Å². The number of nitrogens with zero attached hydrogens (tertiary/aromatic N) is 3. The van der Waals surface area contributed by atoms with Gasteiger partial charge in [-0.3, -0.25) is 9.69 Å². The van der Waals surface area contributed by atoms with E-state index >= 15 is 0 Å². The standard InChI is InChI=1S/C19H26N4O2S/c20-16-14-12-13-4-2-1-3-5-15(13)21-18(14)26-17(16)19(25)23-8-6-22(7-9-23)10-11-24/h12,24H,1-11,20H2. The Morgan fingerprint density at radius 2 is 1.96 bits per heavy atom. The first-order chi connectivity index (χ1) is 12.7. The van der Waals surface area contributed by atoms with Crippen LogP contribution in [-0.2, 0) is 12.8 Å². The molecule has 2 aromatic rings. The molecule has 0 spiro atoms. The van der Waals surface area contributed by atoms with E-state index in [1.54, 1.807) is 0 Å². The number of hydrogen-bond acceptors (Lipinski definition) is 6. The van der Waals surface area contributed by atoms with Gasteiger partial charge in [0.15, 0.2) is 0 Å². The van der Waals surface area contributed by atoms with Crippen molar-refractivity contribution in [2.75, 3.05) is 45.1 Å². The summed E-state index contributed by atoms with van der Waals surface area (Å²) in [7, 11) is 0. The fourth-order valence-electron chi connectivity index (χ4n) is 3.95. The number of nitrogens with two attached hydrogens (primary N) is 1. The minimum absolute atomic E-state index is 0.0179. The van der Waals surface area contributed by atoms with Crippen molar-refractivity contribution >= 4 is 33.1 Å². The van der Waals surface area contributed by atoms with Crippen LogP contribution in [0.15, 0.2) is 6.07 Å². The van der Waals surface area contributed by atoms with Crippen molar-refractivity contribution in [3.8, 4) is 0 Å². The number of pyridine rings is 1. The third-order valence-corrected chi connectivity index (χ3v) is 6.62. The highest BCUT2D eigenvalue weighted by molar-refractivity contribution is 7.21. The van der Waals surface area contributed by atoms with Crippen LogP contribution in [0.1, 0.15) is 40.2 Å². The van der Waals surface area contributed by atoms with Crippen molar-refractivity contribution in [2.24, 2.45) is 0 Å². The predicted molar refractivity (Wildman–Crippen MR) is 105 cm³/mol. The summed E-state index contributed by atoms with van der Waals surface area (Å²) in [6.07, 6.45) is 5.73. The zero-order valence-electron chi connectivity index (χ0n) is 15.0. The van der Waals surface area contributed by atoms with E-state index in [0.717, 1.165) is 36.1 Å². The van der Waals surface area contributed by atoms with Crippen molar-refractivity contribution in [1.82, 2.24) is 14.8 Å². The maximum atomic E-state index is 13.0. The monoisotopic (exact) mass is 374 g/mol. The van der Waals surface area contributed by atoms with Gasteiger partial charge in [-0.15, -0.1) is 11.3 Å². The van der Waals surface area contributed by atoms with Crippen molar-refractivity contribution in [3.63, 3.8) is 0 Å². The number of carbonyl (C=O) groups is 1. The van der Waals surface area contributed by atoms with E-state index in [4.69, 9.17) is 15.8 Å². The smallest absolute Gasteiger partial charge is 0.266 e. The number of piperazine rings is 1. The molecule has 7 heteroatoms. The van der Waals surface area contributed by atoms with Gasteiger partial charge in [0.2, 0.25) is 0 Å². The summed E-state index contributed by atoms with van der Waals surface area (Å²) in [5.74, 6) is 0.0179. The second-order valence-electron chi connectivity index (χ2n) is 7.21. The summed E-state index contributed by atoms with van der Waals surface area (Å²) in [6.45, 7) is 3.77. The molecular formula is C19H26N4O2S. The average Bonchev–Trinajstić information content (AvgIpc) is 2.82. The number of fused-ring (bicyclic) bond motifs is 2. The number of anilines is 1. The number of carbonyl (C=O) groups excluding carboxylic acids is 1. The number of hydrogen-bond donors (Lipinski definition) is 2. The minimum atomic E-state index is 0.0179. The SMILES string of the molecule is Nc1c(C(=O)N2CCN(CCO)CC2)sc2nc3c(cc12)CCCCC3. The fourth-order valence-corrected chi connectivity index (χ4v) is 5.02. The summed E-state index contributed by atoms with van der Waals surface area (Å²) < 4.78 is 0. The van der Waals surface area contributed by atoms with Crippen LogP contribution in [0.4, 0.5) is 5.69 Å². The predicted octanol–water partition coefficient (Wildman–Crippen LogP) is 1.90. The molecule has 3 heterocycles. The van der Waals surface area contributed by atoms with Gasteiger partial charge >= 0.3 is 0 Å². The molecule has 0 radical (unpaired) electrons. The third kappa shape index (κ3) is 3.31. The maximum Gasteiger partial charge on any atom is 0.266 e. The molecule has 0 bridgehead atoms. The maximum absolute atomic E-state index is 13.0. The van der Waals surface area contributed by atoms with Gasteiger partial charge in [-0.25, -0.2) is 4.98 Å². The molecular weight excluding hydrogens is 348 g/mol. The summed E-state index contributed by atoms with van der Waals surface area (Å²) in [4.78, 5) is 23.4. The highest BCUT2D eigenvalue weighted by Gasteiger charge is 2.26. The fraction of sp³-hybridized carbons (Fsp3) is 0.579. The summed E-state index contributed by atoms with van der Waals surface area (Å²) in [6, 6.07) is 2.17. The third-order valence-electron chi connectivity index (χ3n) is 5.52. The van der Waals surface area contributed by atoms with Crippen molar-refractivity contribution in [2.45, 2.75) is 32.1 Å². The molecule has 4 rings (SSSR count). The van der Waals surface area contributed by atoms with Crippen LogP contribution >= 0.6 is 11.3 Å². The number of aliphatic hydroxyl groups is 1. The number of β-amino-alcohol motifs (C(OH)–C–C–N with tert-alkyl or cyclic N) is 1. The lowest BCUT2D eigenvalue weighted by Crippen LogP contribution is -2.49. The zero-order valence-corrected chi connectivity index (χ0v) is 15.9. The van der Waals surface area contributed by atoms with Crippen molar-refractivity contribution in [3.05, 3.63) is 22.2 Å². The molecule has 2 aromatic heterocycles. The molecule has 1 fully saturated rings. The zero-order chi connectivity index (χ0) is 18.1. The first-order valence-corrected chi connectivity index (χ1v) is 10.3. The Morgan fingerprint density at radius 3 is 2.73 bits per heavy atom. The lowest BCUT2D eigenvalue weighted by atomic mass is 10.1. The van der Waals surface area contributed by atoms with Crippen LogP contribution in [0.5, 0.6) is 0 Å². The first kappa shape index (κ1) is 17.7. The molecule has 1 amide bonds. The van der Waals surface area contributed by atoms with Gasteiger partial charge in [-0.2, -0.15) is 0 Å². The second-order valence-corrected chi connectivity index (χ2v) is 8.21. The van der Waals surface area contributed by atoms with E-state index in [-0.39, 0.29) is 12.5 Å². The van der Waals surface area contributed by atoms with Crippen LogP contribution < -0.4 is 5.73 Å². The van der Waals surface area contributed by atoms with E-state index < -0.39 is 0 Å². The molecule has 0 atom stereocenters. The molecule has 0 unspecified atom stereocenters. The number of rotatable bonds is 3. The minimum Gasteiger partial charge on any atom is -0.397 e. The van der Waals surface area contributed by atoms with Gasteiger partial charge in [0.25, 0.3) is 5.91 Å². The van der Waals surface area contributed by atoms with Crippen LogP contribution in [0.3, 0.4) is 0 Å². The number of aliphatic hydroxyl groups excluding tert-OH is 1. The average molecular weight is 375 g/mol. The highest BCUT2D eigenvalue weighted by atomic mass is 32.1. The molecule has 2 aliphatic rings. The van der Waals surface area contributed by atoms with E-state index in [9.17, 15) is 4.79 Å². The number of nitrogen functional groups attached to an aromatic ring is 1. The van der Waals surface area contributed by atoms with Crippen LogP contribution in [0, 0.1) is 0 Å². The summed E-state index contributed by atoms with van der Waals surface area (Å²) in [5, 5.41) is 9.99. The molecule has 26 heavy (non-hydrogen) atoms. The van der Waals surface area contributed by atoms with E-state index in [0.29, 0.717) is 30.2 Å². The van der Waals surface area contributed by atoms with E-state index in [1.165, 1.54) is 41.9 Å². The second kappa shape index (κ2) is 7.50. The molecule has 1 aliphatic heterocycles. The van der Waals surface area contributed by atoms with E-state index in [1.807, 2.05) is 4.90 Å².